The topological polar surface area (TPSA) is 24.9 Å². The van der Waals surface area contributed by atoms with Gasteiger partial charge in [0.2, 0.25) is 0 Å². The maximum atomic E-state index is 13.4. The van der Waals surface area contributed by atoms with Gasteiger partial charge in [0.25, 0.3) is 0 Å². The third-order valence-electron chi connectivity index (χ3n) is 2.46. The summed E-state index contributed by atoms with van der Waals surface area (Å²) < 4.78 is 14.4. The summed E-state index contributed by atoms with van der Waals surface area (Å²) in [6.45, 7) is 1.97. The van der Waals surface area contributed by atoms with Crippen LogP contribution in [0.15, 0.2) is 47.1 Å². The summed E-state index contributed by atoms with van der Waals surface area (Å²) in [4.78, 5) is 3.97. The van der Waals surface area contributed by atoms with Crippen molar-refractivity contribution in [3.8, 4) is 0 Å². The van der Waals surface area contributed by atoms with Crippen molar-refractivity contribution < 1.29 is 4.39 Å². The van der Waals surface area contributed by atoms with Gasteiger partial charge in [0.1, 0.15) is 0 Å². The molecule has 0 spiro atoms. The number of anilines is 1. The highest BCUT2D eigenvalue weighted by molar-refractivity contribution is 9.10. The van der Waals surface area contributed by atoms with Crippen molar-refractivity contribution in [2.75, 3.05) is 5.32 Å². The van der Waals surface area contributed by atoms with Crippen LogP contribution in [0, 0.1) is 5.82 Å². The molecule has 0 aliphatic carbocycles. The maximum absolute atomic E-state index is 13.4. The second kappa shape index (κ2) is 5.27. The molecule has 1 unspecified atom stereocenters. The van der Waals surface area contributed by atoms with Crippen molar-refractivity contribution in [1.29, 1.82) is 0 Å². The van der Waals surface area contributed by atoms with Crippen LogP contribution in [0.5, 0.6) is 0 Å². The third kappa shape index (κ3) is 3.03. The molecule has 2 aromatic rings. The van der Waals surface area contributed by atoms with E-state index in [2.05, 4.69) is 26.2 Å². The molecule has 1 aromatic carbocycles. The Morgan fingerprint density at radius 1 is 1.29 bits per heavy atom. The normalized spacial score (nSPS) is 12.2. The van der Waals surface area contributed by atoms with Gasteiger partial charge in [-0.05, 0) is 36.8 Å². The predicted octanol–water partition coefficient (Wildman–Crippen LogP) is 4.16. The fourth-order valence-electron chi connectivity index (χ4n) is 1.56. The lowest BCUT2D eigenvalue weighted by Crippen LogP contribution is -2.09. The first-order valence-electron chi connectivity index (χ1n) is 5.29. The second-order valence-electron chi connectivity index (χ2n) is 3.75. The van der Waals surface area contributed by atoms with Crippen molar-refractivity contribution in [3.63, 3.8) is 0 Å². The number of benzene rings is 1. The van der Waals surface area contributed by atoms with E-state index in [1.54, 1.807) is 12.3 Å². The minimum atomic E-state index is -0.339. The SMILES string of the molecule is CC(Nc1ncccc1F)c1cccc(Br)c1. The Morgan fingerprint density at radius 2 is 2.12 bits per heavy atom. The van der Waals surface area contributed by atoms with Crippen molar-refractivity contribution in [2.45, 2.75) is 13.0 Å². The molecule has 0 radical (unpaired) electrons. The quantitative estimate of drug-likeness (QED) is 0.919. The van der Waals surface area contributed by atoms with E-state index in [9.17, 15) is 4.39 Å². The Balaban J connectivity index is 2.17. The molecule has 4 heteroatoms. The molecule has 1 N–H and O–H groups in total. The van der Waals surface area contributed by atoms with Crippen molar-refractivity contribution in [1.82, 2.24) is 4.98 Å². The highest BCUT2D eigenvalue weighted by Crippen LogP contribution is 2.22. The van der Waals surface area contributed by atoms with Gasteiger partial charge >= 0.3 is 0 Å². The Labute approximate surface area is 108 Å². The number of aromatic nitrogens is 1. The van der Waals surface area contributed by atoms with E-state index in [1.165, 1.54) is 6.07 Å². The summed E-state index contributed by atoms with van der Waals surface area (Å²) in [6.07, 6.45) is 1.57. The first-order chi connectivity index (χ1) is 8.16. The molecule has 0 aliphatic heterocycles. The van der Waals surface area contributed by atoms with Gasteiger partial charge in [-0.2, -0.15) is 0 Å². The molecular formula is C13H12BrFN2. The largest absolute Gasteiger partial charge is 0.361 e. The number of rotatable bonds is 3. The summed E-state index contributed by atoms with van der Waals surface area (Å²) in [5, 5.41) is 3.05. The van der Waals surface area contributed by atoms with Crippen LogP contribution in [0.1, 0.15) is 18.5 Å². The molecule has 0 saturated heterocycles. The summed E-state index contributed by atoms with van der Waals surface area (Å²) in [6, 6.07) is 10.9. The van der Waals surface area contributed by atoms with Crippen LogP contribution < -0.4 is 5.32 Å². The number of nitrogens with zero attached hydrogens (tertiary/aromatic N) is 1. The highest BCUT2D eigenvalue weighted by atomic mass is 79.9. The fraction of sp³-hybridized carbons (Fsp3) is 0.154. The Hall–Kier alpha value is -1.42. The summed E-state index contributed by atoms with van der Waals surface area (Å²) in [5.74, 6) is -0.0608. The Morgan fingerprint density at radius 3 is 2.82 bits per heavy atom. The van der Waals surface area contributed by atoms with Crippen LogP contribution in [0.2, 0.25) is 0 Å². The first-order valence-corrected chi connectivity index (χ1v) is 6.08. The van der Waals surface area contributed by atoms with Gasteiger partial charge in [0.05, 0.1) is 6.04 Å². The van der Waals surface area contributed by atoms with Crippen LogP contribution in [0.3, 0.4) is 0 Å². The molecule has 0 fully saturated rings. The number of hydrogen-bond acceptors (Lipinski definition) is 2. The van der Waals surface area contributed by atoms with Crippen LogP contribution in [0.25, 0.3) is 0 Å². The van der Waals surface area contributed by atoms with E-state index in [1.807, 2.05) is 31.2 Å². The molecule has 17 heavy (non-hydrogen) atoms. The molecule has 2 rings (SSSR count). The summed E-state index contributed by atoms with van der Waals surface area (Å²) >= 11 is 3.41. The average Bonchev–Trinajstić information content (AvgIpc) is 2.32. The third-order valence-corrected chi connectivity index (χ3v) is 2.95. The van der Waals surface area contributed by atoms with E-state index >= 15 is 0 Å². The van der Waals surface area contributed by atoms with E-state index in [0.29, 0.717) is 0 Å². The van der Waals surface area contributed by atoms with E-state index in [4.69, 9.17) is 0 Å². The molecular weight excluding hydrogens is 283 g/mol. The number of nitrogens with one attached hydrogen (secondary N) is 1. The molecule has 1 atom stereocenters. The molecule has 88 valence electrons. The van der Waals surface area contributed by atoms with Gasteiger partial charge in [-0.25, -0.2) is 9.37 Å². The number of halogens is 2. The van der Waals surface area contributed by atoms with E-state index < -0.39 is 0 Å². The lowest BCUT2D eigenvalue weighted by atomic mass is 10.1. The zero-order valence-corrected chi connectivity index (χ0v) is 10.9. The van der Waals surface area contributed by atoms with E-state index in [0.717, 1.165) is 10.0 Å². The molecule has 2 nitrogen and oxygen atoms in total. The Kier molecular flexibility index (Phi) is 3.74. The van der Waals surface area contributed by atoms with Gasteiger partial charge in [0.15, 0.2) is 11.6 Å². The monoisotopic (exact) mass is 294 g/mol. The minimum absolute atomic E-state index is 0.00287. The zero-order chi connectivity index (χ0) is 12.3. The standard InChI is InChI=1S/C13H12BrFN2/c1-9(10-4-2-5-11(14)8-10)17-13-12(15)6-3-7-16-13/h2-9H,1H3,(H,16,17). The molecule has 0 saturated carbocycles. The lowest BCUT2D eigenvalue weighted by Gasteiger charge is -2.15. The Bertz CT molecular complexity index is 516. The van der Waals surface area contributed by atoms with Crippen LogP contribution in [-0.4, -0.2) is 4.98 Å². The van der Waals surface area contributed by atoms with Gasteiger partial charge in [-0.3, -0.25) is 0 Å². The number of hydrogen-bond donors (Lipinski definition) is 1. The van der Waals surface area contributed by atoms with Crippen LogP contribution in [-0.2, 0) is 0 Å². The minimum Gasteiger partial charge on any atom is -0.361 e. The second-order valence-corrected chi connectivity index (χ2v) is 4.67. The predicted molar refractivity (Wildman–Crippen MR) is 70.4 cm³/mol. The zero-order valence-electron chi connectivity index (χ0n) is 9.32. The maximum Gasteiger partial charge on any atom is 0.165 e. The van der Waals surface area contributed by atoms with Crippen molar-refractivity contribution in [2.24, 2.45) is 0 Å². The summed E-state index contributed by atoms with van der Waals surface area (Å²) in [5.41, 5.74) is 1.07. The molecule has 0 bridgehead atoms. The van der Waals surface area contributed by atoms with Crippen molar-refractivity contribution >= 4 is 21.7 Å². The fourth-order valence-corrected chi connectivity index (χ4v) is 1.97. The number of pyridine rings is 1. The smallest absolute Gasteiger partial charge is 0.165 e. The van der Waals surface area contributed by atoms with Crippen molar-refractivity contribution in [3.05, 3.63) is 58.4 Å². The highest BCUT2D eigenvalue weighted by Gasteiger charge is 2.09. The van der Waals surface area contributed by atoms with Gasteiger partial charge in [-0.1, -0.05) is 28.1 Å². The molecule has 1 heterocycles. The van der Waals surface area contributed by atoms with Gasteiger partial charge in [0, 0.05) is 10.7 Å². The lowest BCUT2D eigenvalue weighted by molar-refractivity contribution is 0.621. The van der Waals surface area contributed by atoms with Crippen LogP contribution in [0.4, 0.5) is 10.2 Å². The summed E-state index contributed by atoms with van der Waals surface area (Å²) in [7, 11) is 0. The molecule has 0 amide bonds. The van der Waals surface area contributed by atoms with Crippen LogP contribution >= 0.6 is 15.9 Å². The van der Waals surface area contributed by atoms with Gasteiger partial charge < -0.3 is 5.32 Å². The van der Waals surface area contributed by atoms with Gasteiger partial charge in [-0.15, -0.1) is 0 Å². The molecule has 0 aliphatic rings. The molecule has 1 aromatic heterocycles. The average molecular weight is 295 g/mol. The van der Waals surface area contributed by atoms with E-state index in [-0.39, 0.29) is 17.7 Å². The first kappa shape index (κ1) is 12.0.